The summed E-state index contributed by atoms with van der Waals surface area (Å²) in [6.45, 7) is 4.00. The number of rotatable bonds is 1. The minimum atomic E-state index is 0.182. The highest BCUT2D eigenvalue weighted by molar-refractivity contribution is 5.93. The molecule has 0 radical (unpaired) electrons. The van der Waals surface area contributed by atoms with E-state index < -0.39 is 0 Å². The zero-order chi connectivity index (χ0) is 14.1. The molecule has 5 heteroatoms. The third-order valence-electron chi connectivity index (χ3n) is 3.76. The van der Waals surface area contributed by atoms with Crippen molar-refractivity contribution in [1.82, 2.24) is 9.97 Å². The van der Waals surface area contributed by atoms with E-state index in [-0.39, 0.29) is 6.04 Å². The first-order valence-electron chi connectivity index (χ1n) is 6.83. The Morgan fingerprint density at radius 3 is 3.00 bits per heavy atom. The predicted molar refractivity (Wildman–Crippen MR) is 78.2 cm³/mol. The zero-order valence-electron chi connectivity index (χ0n) is 11.5. The van der Waals surface area contributed by atoms with Crippen LogP contribution in [0.1, 0.15) is 19.0 Å². The van der Waals surface area contributed by atoms with Crippen molar-refractivity contribution in [2.45, 2.75) is 19.4 Å². The van der Waals surface area contributed by atoms with Gasteiger partial charge in [-0.05, 0) is 24.5 Å². The lowest BCUT2D eigenvalue weighted by Crippen LogP contribution is -2.46. The van der Waals surface area contributed by atoms with Crippen molar-refractivity contribution < 1.29 is 0 Å². The summed E-state index contributed by atoms with van der Waals surface area (Å²) in [5.74, 6) is 0.557. The zero-order valence-corrected chi connectivity index (χ0v) is 11.5. The minimum absolute atomic E-state index is 0.182. The molecular weight excluding hydrogens is 250 g/mol. The molecular formula is C15H17N5. The SMILES string of the molecule is CC1CC(N)CN(c2cnc(C#N)c3ncccc23)C1. The molecule has 5 nitrogen and oxygen atoms in total. The van der Waals surface area contributed by atoms with E-state index in [1.807, 2.05) is 12.1 Å². The van der Waals surface area contributed by atoms with E-state index >= 15 is 0 Å². The molecule has 3 rings (SSSR count). The van der Waals surface area contributed by atoms with Crippen LogP contribution in [-0.2, 0) is 0 Å². The van der Waals surface area contributed by atoms with Gasteiger partial charge in [0.2, 0.25) is 0 Å². The van der Waals surface area contributed by atoms with Crippen molar-refractivity contribution in [2.75, 3.05) is 18.0 Å². The molecule has 20 heavy (non-hydrogen) atoms. The lowest BCUT2D eigenvalue weighted by Gasteiger charge is -2.36. The van der Waals surface area contributed by atoms with Gasteiger partial charge >= 0.3 is 0 Å². The molecule has 0 amide bonds. The highest BCUT2D eigenvalue weighted by Gasteiger charge is 2.24. The van der Waals surface area contributed by atoms with Crippen LogP contribution < -0.4 is 10.6 Å². The van der Waals surface area contributed by atoms with E-state index in [0.29, 0.717) is 17.1 Å². The molecule has 3 heterocycles. The Hall–Kier alpha value is -2.19. The molecule has 2 aromatic rings. The van der Waals surface area contributed by atoms with Crippen molar-refractivity contribution >= 4 is 16.6 Å². The van der Waals surface area contributed by atoms with Gasteiger partial charge in [0.1, 0.15) is 11.6 Å². The highest BCUT2D eigenvalue weighted by Crippen LogP contribution is 2.29. The maximum absolute atomic E-state index is 9.13. The number of nitriles is 1. The van der Waals surface area contributed by atoms with E-state index in [4.69, 9.17) is 11.0 Å². The maximum atomic E-state index is 9.13. The first-order valence-corrected chi connectivity index (χ1v) is 6.83. The number of fused-ring (bicyclic) bond motifs is 1. The van der Waals surface area contributed by atoms with Crippen molar-refractivity contribution in [1.29, 1.82) is 5.26 Å². The third-order valence-corrected chi connectivity index (χ3v) is 3.76. The van der Waals surface area contributed by atoms with Crippen LogP contribution >= 0.6 is 0 Å². The summed E-state index contributed by atoms with van der Waals surface area (Å²) in [7, 11) is 0. The fourth-order valence-electron chi connectivity index (χ4n) is 2.99. The Kier molecular flexibility index (Phi) is 3.25. The van der Waals surface area contributed by atoms with Gasteiger partial charge in [-0.25, -0.2) is 4.98 Å². The van der Waals surface area contributed by atoms with Crippen molar-refractivity contribution in [2.24, 2.45) is 11.7 Å². The molecule has 0 saturated carbocycles. The molecule has 102 valence electrons. The van der Waals surface area contributed by atoms with Crippen LogP contribution in [0.25, 0.3) is 10.9 Å². The normalized spacial score (nSPS) is 22.8. The van der Waals surface area contributed by atoms with Gasteiger partial charge in [0.05, 0.1) is 11.9 Å². The molecule has 0 aromatic carbocycles. The molecule has 1 aliphatic rings. The molecule has 0 spiro atoms. The van der Waals surface area contributed by atoms with E-state index in [0.717, 1.165) is 30.6 Å². The molecule has 1 aliphatic heterocycles. The van der Waals surface area contributed by atoms with Crippen molar-refractivity contribution in [3.63, 3.8) is 0 Å². The Labute approximate surface area is 118 Å². The largest absolute Gasteiger partial charge is 0.368 e. The highest BCUT2D eigenvalue weighted by atomic mass is 15.2. The number of hydrogen-bond donors (Lipinski definition) is 1. The van der Waals surface area contributed by atoms with E-state index in [9.17, 15) is 0 Å². The van der Waals surface area contributed by atoms with Gasteiger partial charge in [-0.2, -0.15) is 5.26 Å². The van der Waals surface area contributed by atoms with Gasteiger partial charge in [0, 0.05) is 30.7 Å². The average molecular weight is 267 g/mol. The second-order valence-corrected chi connectivity index (χ2v) is 5.51. The first-order chi connectivity index (χ1) is 9.69. The lowest BCUT2D eigenvalue weighted by molar-refractivity contribution is 0.402. The molecule has 1 saturated heterocycles. The quantitative estimate of drug-likeness (QED) is 0.850. The first kappa shape index (κ1) is 12.8. The van der Waals surface area contributed by atoms with Gasteiger partial charge in [-0.3, -0.25) is 4.98 Å². The van der Waals surface area contributed by atoms with Crippen LogP contribution in [0.5, 0.6) is 0 Å². The number of anilines is 1. The van der Waals surface area contributed by atoms with Gasteiger partial charge in [-0.1, -0.05) is 6.92 Å². The third kappa shape index (κ3) is 2.19. The molecule has 2 unspecified atom stereocenters. The number of hydrogen-bond acceptors (Lipinski definition) is 5. The fraction of sp³-hybridized carbons (Fsp3) is 0.400. The van der Waals surface area contributed by atoms with Gasteiger partial charge < -0.3 is 10.6 Å². The smallest absolute Gasteiger partial charge is 0.166 e. The lowest BCUT2D eigenvalue weighted by atomic mass is 9.96. The maximum Gasteiger partial charge on any atom is 0.166 e. The van der Waals surface area contributed by atoms with Crippen LogP contribution in [0, 0.1) is 17.2 Å². The summed E-state index contributed by atoms with van der Waals surface area (Å²) in [6, 6.07) is 6.16. The predicted octanol–water partition coefficient (Wildman–Crippen LogP) is 1.67. The van der Waals surface area contributed by atoms with E-state index in [2.05, 4.69) is 27.9 Å². The molecule has 2 N–H and O–H groups in total. The topological polar surface area (TPSA) is 78.8 Å². The van der Waals surface area contributed by atoms with Gasteiger partial charge in [0.15, 0.2) is 5.69 Å². The summed E-state index contributed by atoms with van der Waals surface area (Å²) in [4.78, 5) is 10.8. The summed E-state index contributed by atoms with van der Waals surface area (Å²) in [5.41, 5.74) is 8.19. The van der Waals surface area contributed by atoms with E-state index in [1.54, 1.807) is 12.4 Å². The second-order valence-electron chi connectivity index (χ2n) is 5.51. The van der Waals surface area contributed by atoms with Crippen LogP contribution in [0.2, 0.25) is 0 Å². The Morgan fingerprint density at radius 2 is 2.25 bits per heavy atom. The molecule has 0 aliphatic carbocycles. The second kappa shape index (κ2) is 5.06. The summed E-state index contributed by atoms with van der Waals surface area (Å²) in [6.07, 6.45) is 4.52. The van der Waals surface area contributed by atoms with Gasteiger partial charge in [-0.15, -0.1) is 0 Å². The van der Waals surface area contributed by atoms with E-state index in [1.165, 1.54) is 0 Å². The van der Waals surface area contributed by atoms with Crippen LogP contribution in [0.3, 0.4) is 0 Å². The summed E-state index contributed by atoms with van der Waals surface area (Å²) >= 11 is 0. The molecule has 0 bridgehead atoms. The van der Waals surface area contributed by atoms with Crippen LogP contribution in [-0.4, -0.2) is 29.1 Å². The Bertz CT molecular complexity index is 666. The Balaban J connectivity index is 2.11. The van der Waals surface area contributed by atoms with Gasteiger partial charge in [0.25, 0.3) is 0 Å². The number of aromatic nitrogens is 2. The standard InChI is InChI=1S/C15H17N5/c1-10-5-11(17)9-20(8-10)14-7-19-13(6-16)15-12(14)3-2-4-18-15/h2-4,7,10-11H,5,8-9,17H2,1H3. The number of nitrogens with zero attached hydrogens (tertiary/aromatic N) is 4. The van der Waals surface area contributed by atoms with Crippen molar-refractivity contribution in [3.8, 4) is 6.07 Å². The van der Waals surface area contributed by atoms with Crippen LogP contribution in [0.15, 0.2) is 24.5 Å². The molecule has 2 aromatic heterocycles. The number of nitrogens with two attached hydrogens (primary N) is 1. The average Bonchev–Trinajstić information content (AvgIpc) is 2.45. The summed E-state index contributed by atoms with van der Waals surface area (Å²) in [5, 5.41) is 10.1. The summed E-state index contributed by atoms with van der Waals surface area (Å²) < 4.78 is 0. The molecule has 2 atom stereocenters. The van der Waals surface area contributed by atoms with Crippen LogP contribution in [0.4, 0.5) is 5.69 Å². The fourth-order valence-corrected chi connectivity index (χ4v) is 2.99. The monoisotopic (exact) mass is 267 g/mol. The number of piperidine rings is 1. The van der Waals surface area contributed by atoms with Crippen molar-refractivity contribution in [3.05, 3.63) is 30.2 Å². The number of pyridine rings is 2. The molecule has 1 fully saturated rings. The Morgan fingerprint density at radius 1 is 1.40 bits per heavy atom. The minimum Gasteiger partial charge on any atom is -0.368 e.